The third-order valence-corrected chi connectivity index (χ3v) is 4.04. The van der Waals surface area contributed by atoms with Gasteiger partial charge in [0, 0.05) is 13.4 Å². The highest BCUT2D eigenvalue weighted by molar-refractivity contribution is 9.10. The number of sulfone groups is 1. The third-order valence-electron chi connectivity index (χ3n) is 2.49. The fraction of sp³-hybridized carbons (Fsp3) is 0.700. The Morgan fingerprint density at radius 1 is 1.61 bits per heavy atom. The van der Waals surface area contributed by atoms with Gasteiger partial charge in [0.05, 0.1) is 41.3 Å². The first-order valence-electron chi connectivity index (χ1n) is 5.44. The summed E-state index contributed by atoms with van der Waals surface area (Å²) in [4.78, 5) is 0. The summed E-state index contributed by atoms with van der Waals surface area (Å²) in [5.74, 6) is 0.0285. The van der Waals surface area contributed by atoms with Crippen molar-refractivity contribution in [2.24, 2.45) is 0 Å². The second-order valence-corrected chi connectivity index (χ2v) is 7.07. The highest BCUT2D eigenvalue weighted by Crippen LogP contribution is 2.24. The summed E-state index contributed by atoms with van der Waals surface area (Å²) in [6, 6.07) is -0.297. The number of hydrogen-bond acceptors (Lipinski definition) is 5. The van der Waals surface area contributed by atoms with Crippen LogP contribution in [-0.2, 0) is 21.1 Å². The van der Waals surface area contributed by atoms with Gasteiger partial charge in [-0.25, -0.2) is 8.42 Å². The van der Waals surface area contributed by atoms with E-state index in [1.165, 1.54) is 6.26 Å². The molecule has 0 radical (unpaired) electrons. The van der Waals surface area contributed by atoms with Gasteiger partial charge in [-0.3, -0.25) is 4.68 Å². The molecule has 0 aliphatic rings. The van der Waals surface area contributed by atoms with Crippen LogP contribution in [0.5, 0.6) is 0 Å². The summed E-state index contributed by atoms with van der Waals surface area (Å²) < 4.78 is 30.4. The molecule has 0 amide bonds. The van der Waals surface area contributed by atoms with E-state index >= 15 is 0 Å². The Morgan fingerprint density at radius 2 is 2.28 bits per heavy atom. The van der Waals surface area contributed by atoms with Crippen molar-refractivity contribution in [3.8, 4) is 0 Å². The number of nitrogens with one attached hydrogen (secondary N) is 1. The molecule has 0 saturated carbocycles. The monoisotopic (exact) mass is 339 g/mol. The predicted octanol–water partition coefficient (Wildman–Crippen LogP) is 0.597. The van der Waals surface area contributed by atoms with E-state index in [2.05, 4.69) is 26.3 Å². The maximum atomic E-state index is 11.4. The Morgan fingerprint density at radius 3 is 2.78 bits per heavy atom. The summed E-state index contributed by atoms with van der Waals surface area (Å²) in [6.07, 6.45) is 2.89. The van der Waals surface area contributed by atoms with E-state index in [0.717, 1.165) is 10.2 Å². The number of ether oxygens (including phenoxy) is 1. The molecule has 6 nitrogen and oxygen atoms in total. The first kappa shape index (κ1) is 15.6. The summed E-state index contributed by atoms with van der Waals surface area (Å²) in [6.45, 7) is 1.11. The maximum Gasteiger partial charge on any atom is 0.149 e. The van der Waals surface area contributed by atoms with Crippen molar-refractivity contribution >= 4 is 25.8 Å². The number of rotatable bonds is 7. The normalized spacial score (nSPS) is 13.8. The van der Waals surface area contributed by atoms with Gasteiger partial charge in [0.15, 0.2) is 0 Å². The fourth-order valence-corrected chi connectivity index (χ4v) is 3.18. The molecule has 1 aromatic rings. The number of halogens is 1. The number of hydrogen-bond donors (Lipinski definition) is 1. The summed E-state index contributed by atoms with van der Waals surface area (Å²) in [5, 5.41) is 7.21. The van der Waals surface area contributed by atoms with E-state index in [4.69, 9.17) is 4.74 Å². The van der Waals surface area contributed by atoms with Crippen molar-refractivity contribution in [2.75, 3.05) is 32.8 Å². The smallest absolute Gasteiger partial charge is 0.149 e. The van der Waals surface area contributed by atoms with Crippen LogP contribution < -0.4 is 5.32 Å². The number of aromatic nitrogens is 2. The van der Waals surface area contributed by atoms with Crippen LogP contribution in [0.15, 0.2) is 10.7 Å². The van der Waals surface area contributed by atoms with Crippen LogP contribution in [-0.4, -0.2) is 51.0 Å². The van der Waals surface area contributed by atoms with E-state index in [0.29, 0.717) is 13.2 Å². The van der Waals surface area contributed by atoms with Crippen LogP contribution in [0.1, 0.15) is 11.7 Å². The minimum absolute atomic E-state index is 0.0285. The van der Waals surface area contributed by atoms with Gasteiger partial charge in [-0.1, -0.05) is 0 Å². The lowest BCUT2D eigenvalue weighted by molar-refractivity contribution is 0.182. The summed E-state index contributed by atoms with van der Waals surface area (Å²) in [5.41, 5.74) is 0.819. The van der Waals surface area contributed by atoms with Gasteiger partial charge >= 0.3 is 0 Å². The molecular weight excluding hydrogens is 322 g/mol. The minimum atomic E-state index is -3.07. The van der Waals surface area contributed by atoms with E-state index in [9.17, 15) is 8.42 Å². The highest BCUT2D eigenvalue weighted by atomic mass is 79.9. The van der Waals surface area contributed by atoms with Crippen LogP contribution in [0.4, 0.5) is 0 Å². The Bertz CT molecular complexity index is 487. The molecule has 18 heavy (non-hydrogen) atoms. The molecule has 0 spiro atoms. The van der Waals surface area contributed by atoms with Gasteiger partial charge in [0.2, 0.25) is 0 Å². The molecule has 0 bridgehead atoms. The van der Waals surface area contributed by atoms with Crippen LogP contribution in [0.3, 0.4) is 0 Å². The van der Waals surface area contributed by atoms with Crippen molar-refractivity contribution < 1.29 is 13.2 Å². The molecule has 1 heterocycles. The topological polar surface area (TPSA) is 73.2 Å². The lowest BCUT2D eigenvalue weighted by Gasteiger charge is -2.17. The third kappa shape index (κ3) is 4.34. The van der Waals surface area contributed by atoms with Gasteiger partial charge < -0.3 is 10.1 Å². The molecule has 1 unspecified atom stereocenters. The minimum Gasteiger partial charge on any atom is -0.383 e. The van der Waals surface area contributed by atoms with Crippen LogP contribution in [0.2, 0.25) is 0 Å². The largest absolute Gasteiger partial charge is 0.383 e. The first-order valence-corrected chi connectivity index (χ1v) is 8.29. The van der Waals surface area contributed by atoms with Crippen molar-refractivity contribution in [3.63, 3.8) is 0 Å². The fourth-order valence-electron chi connectivity index (χ4n) is 1.68. The summed E-state index contributed by atoms with van der Waals surface area (Å²) >= 11 is 3.40. The Hall–Kier alpha value is -0.440. The average molecular weight is 340 g/mol. The van der Waals surface area contributed by atoms with E-state index in [-0.39, 0.29) is 11.8 Å². The Labute approximate surface area is 116 Å². The second kappa shape index (κ2) is 6.65. The van der Waals surface area contributed by atoms with Crippen molar-refractivity contribution in [2.45, 2.75) is 12.6 Å². The summed E-state index contributed by atoms with van der Waals surface area (Å²) in [7, 11) is 0.276. The molecule has 104 valence electrons. The quantitative estimate of drug-likeness (QED) is 0.787. The van der Waals surface area contributed by atoms with E-state index < -0.39 is 9.84 Å². The molecule has 1 aromatic heterocycles. The molecular formula is C10H18BrN3O3S. The SMILES string of the molecule is CNC(CS(C)(=O)=O)c1c(Br)cnn1CCOC. The first-order chi connectivity index (χ1) is 8.39. The van der Waals surface area contributed by atoms with Gasteiger partial charge in [-0.2, -0.15) is 5.10 Å². The van der Waals surface area contributed by atoms with Crippen molar-refractivity contribution in [3.05, 3.63) is 16.4 Å². The van der Waals surface area contributed by atoms with Crippen molar-refractivity contribution in [1.29, 1.82) is 0 Å². The Balaban J connectivity index is 3.00. The van der Waals surface area contributed by atoms with Gasteiger partial charge in [0.1, 0.15) is 9.84 Å². The molecule has 0 aliphatic carbocycles. The average Bonchev–Trinajstić information content (AvgIpc) is 2.63. The molecule has 0 aromatic carbocycles. The lowest BCUT2D eigenvalue weighted by atomic mass is 10.2. The highest BCUT2D eigenvalue weighted by Gasteiger charge is 2.22. The molecule has 8 heteroatoms. The van der Waals surface area contributed by atoms with Crippen LogP contribution in [0.25, 0.3) is 0 Å². The number of nitrogens with zero attached hydrogens (tertiary/aromatic N) is 2. The van der Waals surface area contributed by atoms with E-state index in [1.54, 1.807) is 25.0 Å². The van der Waals surface area contributed by atoms with Crippen LogP contribution >= 0.6 is 15.9 Å². The van der Waals surface area contributed by atoms with Crippen molar-refractivity contribution in [1.82, 2.24) is 15.1 Å². The maximum absolute atomic E-state index is 11.4. The van der Waals surface area contributed by atoms with Crippen LogP contribution in [0, 0.1) is 0 Å². The molecule has 0 aliphatic heterocycles. The lowest BCUT2D eigenvalue weighted by Crippen LogP contribution is -2.28. The zero-order chi connectivity index (χ0) is 13.8. The molecule has 1 N–H and O–H groups in total. The molecule has 0 saturated heterocycles. The molecule has 1 atom stereocenters. The molecule has 0 fully saturated rings. The number of methoxy groups -OCH3 is 1. The second-order valence-electron chi connectivity index (χ2n) is 4.03. The Kier molecular flexibility index (Phi) is 5.77. The zero-order valence-electron chi connectivity index (χ0n) is 10.7. The van der Waals surface area contributed by atoms with Gasteiger partial charge in [-0.05, 0) is 23.0 Å². The van der Waals surface area contributed by atoms with Gasteiger partial charge in [0.25, 0.3) is 0 Å². The predicted molar refractivity (Wildman–Crippen MR) is 73.3 cm³/mol. The standard InChI is InChI=1S/C10H18BrN3O3S/c1-12-9(7-18(3,15)16)10-8(11)6-13-14(10)4-5-17-2/h6,9,12H,4-5,7H2,1-3H3. The molecule has 1 rings (SSSR count). The van der Waals surface area contributed by atoms with E-state index in [1.807, 2.05) is 0 Å². The zero-order valence-corrected chi connectivity index (χ0v) is 13.1. The van der Waals surface area contributed by atoms with Gasteiger partial charge in [-0.15, -0.1) is 0 Å².